The number of esters is 2. The molecule has 1 saturated heterocycles. The van der Waals surface area contributed by atoms with Crippen molar-refractivity contribution < 1.29 is 38.2 Å². The van der Waals surface area contributed by atoms with Crippen LogP contribution in [-0.4, -0.2) is 43.3 Å². The fourth-order valence-corrected chi connectivity index (χ4v) is 6.16. The van der Waals surface area contributed by atoms with Crippen molar-refractivity contribution in [1.82, 2.24) is 0 Å². The van der Waals surface area contributed by atoms with Gasteiger partial charge in [-0.2, -0.15) is 0 Å². The van der Waals surface area contributed by atoms with Crippen molar-refractivity contribution in [2.45, 2.75) is 25.2 Å². The maximum atomic E-state index is 13.5. The lowest BCUT2D eigenvalue weighted by Crippen LogP contribution is -2.31. The Kier molecular flexibility index (Phi) is 8.74. The van der Waals surface area contributed by atoms with Crippen molar-refractivity contribution in [1.29, 1.82) is 0 Å². The summed E-state index contributed by atoms with van der Waals surface area (Å²) in [7, 11) is 1.50. The molecule has 0 aromatic heterocycles. The first-order valence-corrected chi connectivity index (χ1v) is 15.0. The molecule has 9 nitrogen and oxygen atoms in total. The summed E-state index contributed by atoms with van der Waals surface area (Å²) in [6.45, 7) is -0.529. The molecule has 2 amide bonds. The third kappa shape index (κ3) is 6.30. The molecule has 0 radical (unpaired) electrons. The summed E-state index contributed by atoms with van der Waals surface area (Å²) in [6, 6.07) is 28.6. The molecule has 0 spiro atoms. The van der Waals surface area contributed by atoms with Gasteiger partial charge in [-0.25, -0.2) is 9.59 Å². The molecule has 4 aromatic carbocycles. The average molecular weight is 618 g/mol. The van der Waals surface area contributed by atoms with Gasteiger partial charge >= 0.3 is 11.9 Å². The molecule has 1 heterocycles. The summed E-state index contributed by atoms with van der Waals surface area (Å²) < 4.78 is 15.8. The number of methoxy groups -OCH3 is 1. The lowest BCUT2D eigenvalue weighted by atomic mass is 9.73. The van der Waals surface area contributed by atoms with Crippen LogP contribution in [0.2, 0.25) is 0 Å². The Morgan fingerprint density at radius 3 is 2.13 bits per heavy atom. The van der Waals surface area contributed by atoms with Crippen molar-refractivity contribution >= 4 is 35.2 Å². The normalized spacial score (nSPS) is 18.9. The quantitative estimate of drug-likeness (QED) is 0.0968. The third-order valence-electron chi connectivity index (χ3n) is 8.56. The summed E-state index contributed by atoms with van der Waals surface area (Å²) >= 11 is 0. The third-order valence-corrected chi connectivity index (χ3v) is 8.56. The zero-order valence-electron chi connectivity index (χ0n) is 25.1. The van der Waals surface area contributed by atoms with E-state index in [2.05, 4.69) is 12.1 Å². The monoisotopic (exact) mass is 617 g/mol. The molecule has 2 aliphatic rings. The van der Waals surface area contributed by atoms with Crippen molar-refractivity contribution in [2.24, 2.45) is 11.8 Å². The molecule has 2 fully saturated rings. The van der Waals surface area contributed by atoms with E-state index in [0.29, 0.717) is 29.8 Å². The molecule has 4 aromatic rings. The Bertz CT molecular complexity index is 1800. The Labute approximate surface area is 265 Å². The topological polar surface area (TPSA) is 116 Å². The molecule has 0 bridgehead atoms. The number of hydrogen-bond acceptors (Lipinski definition) is 8. The number of nitrogens with zero attached hydrogens (tertiary/aromatic N) is 1. The van der Waals surface area contributed by atoms with Gasteiger partial charge < -0.3 is 14.2 Å². The van der Waals surface area contributed by atoms with E-state index in [0.717, 1.165) is 6.42 Å². The number of ketones is 1. The van der Waals surface area contributed by atoms with Gasteiger partial charge in [-0.15, -0.1) is 0 Å². The SMILES string of the molecule is COc1cccc(C(=O)Oc2ccc(C(=O)COC(=O)c3cccc(N4C(=O)[C@@H]5CC[C@@H](c6ccccc6)C[C@H]5C4=O)c3)cc2)c1. The van der Waals surface area contributed by atoms with Gasteiger partial charge in [0, 0.05) is 5.56 Å². The van der Waals surface area contributed by atoms with E-state index < -0.39 is 30.2 Å². The highest BCUT2D eigenvalue weighted by Gasteiger charge is 2.50. The number of Topliss-reactive ketones (excluding diaryl/α,β-unsaturated/α-hetero) is 1. The highest BCUT2D eigenvalue weighted by atomic mass is 16.5. The second-order valence-corrected chi connectivity index (χ2v) is 11.3. The number of fused-ring (bicyclic) bond motifs is 1. The maximum absolute atomic E-state index is 13.5. The molecule has 9 heteroatoms. The fraction of sp³-hybridized carbons (Fsp3) is 0.216. The molecule has 1 aliphatic heterocycles. The van der Waals surface area contributed by atoms with E-state index in [1.54, 1.807) is 36.4 Å². The molecule has 6 rings (SSSR count). The van der Waals surface area contributed by atoms with Gasteiger partial charge in [-0.05, 0) is 91.4 Å². The Hall–Kier alpha value is -5.57. The van der Waals surface area contributed by atoms with Crippen LogP contribution in [-0.2, 0) is 14.3 Å². The van der Waals surface area contributed by atoms with Crippen LogP contribution in [0, 0.1) is 11.8 Å². The van der Waals surface area contributed by atoms with Crippen LogP contribution in [0.5, 0.6) is 11.5 Å². The Morgan fingerprint density at radius 2 is 1.39 bits per heavy atom. The summed E-state index contributed by atoms with van der Waals surface area (Å²) in [6.07, 6.45) is 2.06. The number of amides is 2. The number of imide groups is 1. The number of rotatable bonds is 9. The lowest BCUT2D eigenvalue weighted by Gasteiger charge is -2.28. The summed E-state index contributed by atoms with van der Waals surface area (Å²) in [4.78, 5) is 66.1. The van der Waals surface area contributed by atoms with Crippen LogP contribution >= 0.6 is 0 Å². The predicted octanol–water partition coefficient (Wildman–Crippen LogP) is 6.03. The minimum absolute atomic E-state index is 0.114. The number of hydrogen-bond donors (Lipinski definition) is 0. The Balaban J connectivity index is 1.06. The van der Waals surface area contributed by atoms with E-state index in [1.807, 2.05) is 18.2 Å². The molecule has 1 aliphatic carbocycles. The highest BCUT2D eigenvalue weighted by Crippen LogP contribution is 2.45. The van der Waals surface area contributed by atoms with E-state index in [9.17, 15) is 24.0 Å². The first kappa shape index (κ1) is 30.5. The van der Waals surface area contributed by atoms with E-state index >= 15 is 0 Å². The average Bonchev–Trinajstić information content (AvgIpc) is 3.36. The van der Waals surface area contributed by atoms with Crippen LogP contribution in [0.4, 0.5) is 5.69 Å². The van der Waals surface area contributed by atoms with Crippen molar-refractivity contribution in [2.75, 3.05) is 18.6 Å². The summed E-state index contributed by atoms with van der Waals surface area (Å²) in [5.41, 5.74) is 2.16. The molecule has 0 N–H and O–H groups in total. The molecule has 232 valence electrons. The molecule has 46 heavy (non-hydrogen) atoms. The Morgan fingerprint density at radius 1 is 0.696 bits per heavy atom. The van der Waals surface area contributed by atoms with Gasteiger partial charge in [0.2, 0.25) is 11.8 Å². The van der Waals surface area contributed by atoms with Gasteiger partial charge in [-0.3, -0.25) is 19.3 Å². The predicted molar refractivity (Wildman–Crippen MR) is 168 cm³/mol. The first-order chi connectivity index (χ1) is 22.3. The first-order valence-electron chi connectivity index (χ1n) is 15.0. The van der Waals surface area contributed by atoms with Gasteiger partial charge in [0.15, 0.2) is 12.4 Å². The molecular weight excluding hydrogens is 586 g/mol. The van der Waals surface area contributed by atoms with Gasteiger partial charge in [0.05, 0.1) is 35.8 Å². The number of ether oxygens (including phenoxy) is 3. The van der Waals surface area contributed by atoms with Crippen LogP contribution < -0.4 is 14.4 Å². The smallest absolute Gasteiger partial charge is 0.343 e. The molecular formula is C37H31NO8. The maximum Gasteiger partial charge on any atom is 0.343 e. The second-order valence-electron chi connectivity index (χ2n) is 11.3. The highest BCUT2D eigenvalue weighted by molar-refractivity contribution is 6.22. The molecule has 0 unspecified atom stereocenters. The fourth-order valence-electron chi connectivity index (χ4n) is 6.16. The molecule has 1 saturated carbocycles. The van der Waals surface area contributed by atoms with E-state index in [1.165, 1.54) is 54.0 Å². The number of benzene rings is 4. The van der Waals surface area contributed by atoms with Gasteiger partial charge in [0.25, 0.3) is 0 Å². The number of anilines is 1. The van der Waals surface area contributed by atoms with Crippen molar-refractivity contribution in [3.05, 3.63) is 125 Å². The number of carbonyl (C=O) groups is 5. The standard InChI is InChI=1S/C37H31NO8/c1-44-30-12-6-10-27(20-30)37(43)46-29-16-13-24(14-17-29)33(39)22-45-36(42)26-9-5-11-28(19-26)38-34(40)31-18-15-25(21-32(31)35(38)41)23-7-3-2-4-8-23/h2-14,16-17,19-20,25,31-32H,15,18,21-22H2,1H3/t25-,31-,32-/m1/s1. The summed E-state index contributed by atoms with van der Waals surface area (Å²) in [5.74, 6) is -2.13. The van der Waals surface area contributed by atoms with E-state index in [-0.39, 0.29) is 40.5 Å². The van der Waals surface area contributed by atoms with Crippen molar-refractivity contribution in [3.63, 3.8) is 0 Å². The summed E-state index contributed by atoms with van der Waals surface area (Å²) in [5, 5.41) is 0. The lowest BCUT2D eigenvalue weighted by molar-refractivity contribution is -0.122. The largest absolute Gasteiger partial charge is 0.497 e. The van der Waals surface area contributed by atoms with Crippen LogP contribution in [0.3, 0.4) is 0 Å². The molecule has 3 atom stereocenters. The second kappa shape index (κ2) is 13.2. The number of carbonyl (C=O) groups excluding carboxylic acids is 5. The van der Waals surface area contributed by atoms with Crippen LogP contribution in [0.15, 0.2) is 103 Å². The van der Waals surface area contributed by atoms with Crippen molar-refractivity contribution in [3.8, 4) is 11.5 Å². The van der Waals surface area contributed by atoms with Crippen LogP contribution in [0.1, 0.15) is 61.8 Å². The van der Waals surface area contributed by atoms with Gasteiger partial charge in [-0.1, -0.05) is 42.5 Å². The minimum Gasteiger partial charge on any atom is -0.497 e. The zero-order chi connectivity index (χ0) is 32.2. The van der Waals surface area contributed by atoms with Crippen LogP contribution in [0.25, 0.3) is 0 Å². The van der Waals surface area contributed by atoms with Gasteiger partial charge in [0.1, 0.15) is 11.5 Å². The minimum atomic E-state index is -0.764. The van der Waals surface area contributed by atoms with E-state index in [4.69, 9.17) is 14.2 Å². The zero-order valence-corrected chi connectivity index (χ0v) is 25.1.